The summed E-state index contributed by atoms with van der Waals surface area (Å²) in [6.07, 6.45) is 2.69. The molecule has 0 aliphatic carbocycles. The van der Waals surface area contributed by atoms with Crippen LogP contribution in [0.2, 0.25) is 0 Å². The van der Waals surface area contributed by atoms with Gasteiger partial charge in [-0.15, -0.1) is 0 Å². The van der Waals surface area contributed by atoms with Gasteiger partial charge in [-0.1, -0.05) is 12.1 Å². The highest BCUT2D eigenvalue weighted by molar-refractivity contribution is 6.04. The van der Waals surface area contributed by atoms with Crippen LogP contribution in [-0.2, 0) is 6.54 Å². The first-order valence-electron chi connectivity index (χ1n) is 8.51. The maximum absolute atomic E-state index is 13.6. The number of piperazine rings is 1. The second kappa shape index (κ2) is 8.35. The standard InChI is InChI=1S/C20H18F4N2O/c21-15-5-4-14(12-18(15)24)13-26-10-8-25(9-11-26)7-6-19(27)20-16(22)2-1-3-17(20)23/h1-7,12H,8-11,13H2/b7-6+. The van der Waals surface area contributed by atoms with E-state index in [4.69, 9.17) is 0 Å². The molecule has 27 heavy (non-hydrogen) atoms. The lowest BCUT2D eigenvalue weighted by molar-refractivity contribution is 0.103. The van der Waals surface area contributed by atoms with Crippen LogP contribution in [0.15, 0.2) is 48.7 Å². The Bertz CT molecular complexity index is 841. The van der Waals surface area contributed by atoms with Crippen molar-refractivity contribution in [2.75, 3.05) is 26.2 Å². The van der Waals surface area contributed by atoms with Crippen LogP contribution in [0, 0.1) is 23.3 Å². The summed E-state index contributed by atoms with van der Waals surface area (Å²) in [4.78, 5) is 16.0. The number of hydrogen-bond acceptors (Lipinski definition) is 3. The first-order chi connectivity index (χ1) is 12.9. The van der Waals surface area contributed by atoms with E-state index >= 15 is 0 Å². The van der Waals surface area contributed by atoms with E-state index in [1.165, 1.54) is 18.3 Å². The lowest BCUT2D eigenvalue weighted by atomic mass is 10.1. The van der Waals surface area contributed by atoms with Crippen molar-refractivity contribution in [3.8, 4) is 0 Å². The quantitative estimate of drug-likeness (QED) is 0.450. The predicted octanol–water partition coefficient (Wildman–Crippen LogP) is 3.76. The molecular formula is C20H18F4N2O. The number of ketones is 1. The predicted molar refractivity (Wildman–Crippen MR) is 93.0 cm³/mol. The van der Waals surface area contributed by atoms with Crippen molar-refractivity contribution in [2.45, 2.75) is 6.54 Å². The highest BCUT2D eigenvalue weighted by Crippen LogP contribution is 2.15. The molecule has 0 unspecified atom stereocenters. The van der Waals surface area contributed by atoms with Crippen LogP contribution in [-0.4, -0.2) is 41.8 Å². The minimum Gasteiger partial charge on any atom is -0.375 e. The number of nitrogens with zero attached hydrogens (tertiary/aromatic N) is 2. The number of carbonyl (C=O) groups is 1. The lowest BCUT2D eigenvalue weighted by Crippen LogP contribution is -2.43. The summed E-state index contributed by atoms with van der Waals surface area (Å²) in [6, 6.07) is 7.13. The number of allylic oxidation sites excluding steroid dienone is 1. The number of benzene rings is 2. The van der Waals surface area contributed by atoms with Gasteiger partial charge in [-0.2, -0.15) is 0 Å². The fourth-order valence-corrected chi connectivity index (χ4v) is 2.96. The van der Waals surface area contributed by atoms with E-state index < -0.39 is 34.6 Å². The van der Waals surface area contributed by atoms with Crippen LogP contribution in [0.3, 0.4) is 0 Å². The van der Waals surface area contributed by atoms with Gasteiger partial charge in [-0.25, -0.2) is 17.6 Å². The summed E-state index contributed by atoms with van der Waals surface area (Å²) < 4.78 is 53.5. The summed E-state index contributed by atoms with van der Waals surface area (Å²) in [7, 11) is 0. The third kappa shape index (κ3) is 4.74. The molecule has 3 rings (SSSR count). The second-order valence-electron chi connectivity index (χ2n) is 6.34. The highest BCUT2D eigenvalue weighted by atomic mass is 19.2. The van der Waals surface area contributed by atoms with Gasteiger partial charge >= 0.3 is 0 Å². The van der Waals surface area contributed by atoms with Gasteiger partial charge < -0.3 is 4.90 Å². The molecule has 2 aromatic rings. The molecule has 1 heterocycles. The third-order valence-corrected chi connectivity index (χ3v) is 4.44. The van der Waals surface area contributed by atoms with Crippen molar-refractivity contribution in [3.05, 3.63) is 83.1 Å². The second-order valence-corrected chi connectivity index (χ2v) is 6.34. The van der Waals surface area contributed by atoms with E-state index in [9.17, 15) is 22.4 Å². The molecule has 2 aromatic carbocycles. The van der Waals surface area contributed by atoms with E-state index in [1.54, 1.807) is 6.07 Å². The van der Waals surface area contributed by atoms with Gasteiger partial charge in [0.1, 0.15) is 11.6 Å². The molecule has 0 radical (unpaired) electrons. The maximum atomic E-state index is 13.6. The maximum Gasteiger partial charge on any atom is 0.193 e. The first kappa shape index (κ1) is 19.1. The van der Waals surface area contributed by atoms with Crippen LogP contribution < -0.4 is 0 Å². The van der Waals surface area contributed by atoms with E-state index in [-0.39, 0.29) is 0 Å². The Labute approximate surface area is 154 Å². The minimum absolute atomic E-state index is 0.494. The minimum atomic E-state index is -0.888. The number of halogens is 4. The van der Waals surface area contributed by atoms with Gasteiger partial charge in [-0.3, -0.25) is 9.69 Å². The van der Waals surface area contributed by atoms with Crippen LogP contribution in [0.25, 0.3) is 0 Å². The number of hydrogen-bond donors (Lipinski definition) is 0. The zero-order chi connectivity index (χ0) is 19.4. The van der Waals surface area contributed by atoms with Crippen molar-refractivity contribution in [1.29, 1.82) is 0 Å². The van der Waals surface area contributed by atoms with Crippen molar-refractivity contribution in [1.82, 2.24) is 9.80 Å². The van der Waals surface area contributed by atoms with Crippen LogP contribution in [0.4, 0.5) is 17.6 Å². The average Bonchev–Trinajstić information content (AvgIpc) is 2.64. The van der Waals surface area contributed by atoms with Crippen LogP contribution in [0.1, 0.15) is 15.9 Å². The van der Waals surface area contributed by atoms with E-state index in [0.29, 0.717) is 38.3 Å². The fraction of sp³-hybridized carbons (Fsp3) is 0.250. The Morgan fingerprint density at radius 2 is 1.56 bits per heavy atom. The zero-order valence-corrected chi connectivity index (χ0v) is 14.5. The summed E-state index contributed by atoms with van der Waals surface area (Å²) >= 11 is 0. The van der Waals surface area contributed by atoms with Crippen molar-refractivity contribution in [3.63, 3.8) is 0 Å². The molecule has 0 spiro atoms. The van der Waals surface area contributed by atoms with Gasteiger partial charge in [-0.05, 0) is 29.8 Å². The molecule has 1 aliphatic heterocycles. The third-order valence-electron chi connectivity index (χ3n) is 4.44. The molecule has 7 heteroatoms. The first-order valence-corrected chi connectivity index (χ1v) is 8.51. The monoisotopic (exact) mass is 378 g/mol. The molecule has 0 N–H and O–H groups in total. The van der Waals surface area contributed by atoms with E-state index in [1.807, 2.05) is 4.90 Å². The fourth-order valence-electron chi connectivity index (χ4n) is 2.96. The summed E-state index contributed by atoms with van der Waals surface area (Å²) in [5.74, 6) is -4.24. The van der Waals surface area contributed by atoms with Crippen LogP contribution in [0.5, 0.6) is 0 Å². The Morgan fingerprint density at radius 3 is 2.19 bits per heavy atom. The summed E-state index contributed by atoms with van der Waals surface area (Å²) in [5, 5.41) is 0. The average molecular weight is 378 g/mol. The molecule has 1 saturated heterocycles. The molecule has 0 amide bonds. The Balaban J connectivity index is 1.54. The Kier molecular flexibility index (Phi) is 5.91. The Hall–Kier alpha value is -2.67. The summed E-state index contributed by atoms with van der Waals surface area (Å²) in [6.45, 7) is 3.02. The van der Waals surface area contributed by atoms with Gasteiger partial charge in [0.25, 0.3) is 0 Å². The molecule has 0 atom stereocenters. The zero-order valence-electron chi connectivity index (χ0n) is 14.5. The molecule has 1 aliphatic rings. The van der Waals surface area contributed by atoms with Crippen molar-refractivity contribution in [2.24, 2.45) is 0 Å². The van der Waals surface area contributed by atoms with Crippen molar-refractivity contribution < 1.29 is 22.4 Å². The number of carbonyl (C=O) groups excluding carboxylic acids is 1. The topological polar surface area (TPSA) is 23.6 Å². The van der Waals surface area contributed by atoms with Gasteiger partial charge in [0.15, 0.2) is 17.4 Å². The van der Waals surface area contributed by atoms with E-state index in [0.717, 1.165) is 24.3 Å². The Morgan fingerprint density at radius 1 is 0.889 bits per heavy atom. The van der Waals surface area contributed by atoms with Gasteiger partial charge in [0.05, 0.1) is 5.56 Å². The normalized spacial score (nSPS) is 15.5. The smallest absolute Gasteiger partial charge is 0.193 e. The van der Waals surface area contributed by atoms with E-state index in [2.05, 4.69) is 4.90 Å². The largest absolute Gasteiger partial charge is 0.375 e. The SMILES string of the molecule is O=C(/C=C/N1CCN(Cc2ccc(F)c(F)c2)CC1)c1c(F)cccc1F. The molecule has 0 saturated carbocycles. The van der Waals surface area contributed by atoms with Crippen LogP contribution >= 0.6 is 0 Å². The van der Waals surface area contributed by atoms with Gasteiger partial charge in [0.2, 0.25) is 0 Å². The molecule has 0 aromatic heterocycles. The molecule has 142 valence electrons. The molecule has 0 bridgehead atoms. The number of rotatable bonds is 5. The molecule has 3 nitrogen and oxygen atoms in total. The molecule has 1 fully saturated rings. The summed E-state index contributed by atoms with van der Waals surface area (Å²) in [5.41, 5.74) is 0.119. The lowest BCUT2D eigenvalue weighted by Gasteiger charge is -2.34. The molecular weight excluding hydrogens is 360 g/mol. The highest BCUT2D eigenvalue weighted by Gasteiger charge is 2.17. The van der Waals surface area contributed by atoms with Gasteiger partial charge in [0, 0.05) is 45.0 Å². The van der Waals surface area contributed by atoms with Crippen molar-refractivity contribution >= 4 is 5.78 Å².